The van der Waals surface area contributed by atoms with Crippen LogP contribution in [0.15, 0.2) is 36.5 Å². The highest BCUT2D eigenvalue weighted by molar-refractivity contribution is 7.88. The number of piperidine rings is 1. The lowest BCUT2D eigenvalue weighted by Crippen LogP contribution is -2.48. The Bertz CT molecular complexity index is 1330. The second-order valence-corrected chi connectivity index (χ2v) is 11.9. The number of aromatic nitrogens is 1. The molecule has 0 unspecified atom stereocenters. The highest BCUT2D eigenvalue weighted by atomic mass is 32.2. The molecule has 2 N–H and O–H groups in total. The van der Waals surface area contributed by atoms with Gasteiger partial charge in [-0.1, -0.05) is 12.1 Å². The molecule has 2 atom stereocenters. The van der Waals surface area contributed by atoms with Gasteiger partial charge in [0.15, 0.2) is 0 Å². The van der Waals surface area contributed by atoms with Crippen molar-refractivity contribution in [2.75, 3.05) is 24.2 Å². The van der Waals surface area contributed by atoms with E-state index in [-0.39, 0.29) is 37.4 Å². The second-order valence-electron chi connectivity index (χ2n) is 10.0. The van der Waals surface area contributed by atoms with Crippen LogP contribution in [0.2, 0.25) is 0 Å². The van der Waals surface area contributed by atoms with E-state index in [0.29, 0.717) is 11.9 Å². The van der Waals surface area contributed by atoms with Crippen LogP contribution >= 0.6 is 0 Å². The van der Waals surface area contributed by atoms with Gasteiger partial charge >= 0.3 is 6.18 Å². The maximum absolute atomic E-state index is 14.1. The molecule has 2 aromatic rings. The first-order valence-electron chi connectivity index (χ1n) is 11.9. The number of ketones is 1. The summed E-state index contributed by atoms with van der Waals surface area (Å²) in [4.78, 5) is 30.5. The van der Waals surface area contributed by atoms with Gasteiger partial charge < -0.3 is 10.0 Å². The number of aliphatic hydroxyl groups is 1. The van der Waals surface area contributed by atoms with Crippen LogP contribution in [-0.4, -0.2) is 55.6 Å². The Labute approximate surface area is 217 Å². The molecule has 8 nitrogen and oxygen atoms in total. The van der Waals surface area contributed by atoms with Crippen molar-refractivity contribution in [3.63, 3.8) is 0 Å². The van der Waals surface area contributed by atoms with Gasteiger partial charge in [-0.3, -0.25) is 14.6 Å². The van der Waals surface area contributed by atoms with E-state index in [9.17, 15) is 40.7 Å². The lowest BCUT2D eigenvalue weighted by Gasteiger charge is -2.35. The number of nitrogens with zero attached hydrogens (tertiary/aromatic N) is 2. The van der Waals surface area contributed by atoms with E-state index in [1.54, 1.807) is 24.3 Å². The topological polar surface area (TPSA) is 117 Å². The molecular formula is C25H27F4N3O5S. The zero-order chi connectivity index (χ0) is 27.9. The number of halogens is 4. The number of pyridine rings is 1. The van der Waals surface area contributed by atoms with Gasteiger partial charge in [0.05, 0.1) is 36.6 Å². The van der Waals surface area contributed by atoms with Crippen molar-refractivity contribution in [2.24, 2.45) is 5.92 Å². The van der Waals surface area contributed by atoms with Gasteiger partial charge in [-0.25, -0.2) is 17.5 Å². The standard InChI is InChI=1S/C25H27F4N3O5S/c1-38(36,37)31-14-24(6-7-24)16-2-4-18(5-3-16)32-13-20(34)9-15(23(32)35)8-19(33)11-22-21(26)10-17(12-30-22)25(27,28)29/h2-5,10,12,15,20,31,34H,6-9,11,13-14H2,1H3/t15-,20-/m0/s1. The lowest BCUT2D eigenvalue weighted by molar-refractivity contribution is -0.138. The first-order chi connectivity index (χ1) is 17.7. The number of hydrogen-bond acceptors (Lipinski definition) is 6. The van der Waals surface area contributed by atoms with E-state index in [0.717, 1.165) is 24.7 Å². The number of amides is 1. The van der Waals surface area contributed by atoms with Crippen molar-refractivity contribution in [1.29, 1.82) is 0 Å². The molecule has 1 aliphatic carbocycles. The summed E-state index contributed by atoms with van der Waals surface area (Å²) in [5.74, 6) is -3.15. The van der Waals surface area contributed by atoms with E-state index in [4.69, 9.17) is 0 Å². The van der Waals surface area contributed by atoms with Crippen LogP contribution in [0.5, 0.6) is 0 Å². The van der Waals surface area contributed by atoms with Crippen molar-refractivity contribution < 1.29 is 40.7 Å². The lowest BCUT2D eigenvalue weighted by atomic mass is 9.88. The summed E-state index contributed by atoms with van der Waals surface area (Å²) >= 11 is 0. The van der Waals surface area contributed by atoms with Gasteiger partial charge in [0.25, 0.3) is 0 Å². The Morgan fingerprint density at radius 2 is 1.89 bits per heavy atom. The molecule has 4 rings (SSSR count). The number of rotatable bonds is 9. The van der Waals surface area contributed by atoms with Gasteiger partial charge in [-0.15, -0.1) is 0 Å². The average Bonchev–Trinajstić information content (AvgIpc) is 3.61. The van der Waals surface area contributed by atoms with Crippen LogP contribution in [0.1, 0.15) is 42.5 Å². The number of anilines is 1. The van der Waals surface area contributed by atoms with E-state index >= 15 is 0 Å². The van der Waals surface area contributed by atoms with Crippen LogP contribution in [0, 0.1) is 11.7 Å². The number of carbonyl (C=O) groups is 2. The number of benzene rings is 1. The minimum atomic E-state index is -4.77. The molecule has 1 aromatic heterocycles. The van der Waals surface area contributed by atoms with Crippen LogP contribution < -0.4 is 9.62 Å². The number of β-amino-alcohol motifs (C(OH)–C–C–N with tert-alkyl or cyclic N) is 1. The van der Waals surface area contributed by atoms with E-state index in [1.165, 1.54) is 4.90 Å². The van der Waals surface area contributed by atoms with Gasteiger partial charge in [-0.2, -0.15) is 13.2 Å². The predicted molar refractivity (Wildman–Crippen MR) is 129 cm³/mol. The SMILES string of the molecule is CS(=O)(=O)NCC1(c2ccc(N3C[C@@H](O)C[C@H](CC(=O)Cc4ncc(C(F)(F)F)cc4F)C3=O)cc2)CC1. The zero-order valence-electron chi connectivity index (χ0n) is 20.5. The average molecular weight is 558 g/mol. The largest absolute Gasteiger partial charge is 0.417 e. The molecule has 1 saturated carbocycles. The van der Waals surface area contributed by atoms with E-state index in [2.05, 4.69) is 9.71 Å². The molecular weight excluding hydrogens is 530 g/mol. The predicted octanol–water partition coefficient (Wildman–Crippen LogP) is 2.74. The number of hydrogen-bond donors (Lipinski definition) is 2. The quantitative estimate of drug-likeness (QED) is 0.458. The molecule has 2 heterocycles. The maximum atomic E-state index is 14.1. The molecule has 0 spiro atoms. The van der Waals surface area contributed by atoms with Crippen molar-refractivity contribution in [3.05, 3.63) is 59.2 Å². The molecule has 1 amide bonds. The molecule has 1 aliphatic heterocycles. The molecule has 0 radical (unpaired) electrons. The van der Waals surface area contributed by atoms with Crippen LogP contribution in [-0.2, 0) is 37.6 Å². The molecule has 1 aromatic carbocycles. The normalized spacial score (nSPS) is 21.4. The number of Topliss-reactive ketones (excluding diaryl/α,β-unsaturated/α-hetero) is 1. The van der Waals surface area contributed by atoms with E-state index in [1.807, 2.05) is 0 Å². The Balaban J connectivity index is 1.42. The first kappa shape index (κ1) is 28.1. The summed E-state index contributed by atoms with van der Waals surface area (Å²) in [6, 6.07) is 7.29. The molecule has 1 saturated heterocycles. The van der Waals surface area contributed by atoms with Crippen molar-refractivity contribution >= 4 is 27.4 Å². The molecule has 2 aliphatic rings. The molecule has 38 heavy (non-hydrogen) atoms. The fourth-order valence-corrected chi connectivity index (χ4v) is 5.23. The van der Waals surface area contributed by atoms with Crippen molar-refractivity contribution in [1.82, 2.24) is 9.71 Å². The Morgan fingerprint density at radius 1 is 1.24 bits per heavy atom. The summed E-state index contributed by atoms with van der Waals surface area (Å²) in [5.41, 5.74) is -0.599. The van der Waals surface area contributed by atoms with Crippen LogP contribution in [0.4, 0.5) is 23.2 Å². The van der Waals surface area contributed by atoms with Crippen LogP contribution in [0.3, 0.4) is 0 Å². The molecule has 0 bridgehead atoms. The minimum absolute atomic E-state index is 0.0126. The first-order valence-corrected chi connectivity index (χ1v) is 13.8. The monoisotopic (exact) mass is 557 g/mol. The third-order valence-electron chi connectivity index (χ3n) is 6.97. The number of nitrogens with one attached hydrogen (secondary N) is 1. The molecule has 206 valence electrons. The fraction of sp³-hybridized carbons (Fsp3) is 0.480. The Kier molecular flexibility index (Phi) is 7.65. The fourth-order valence-electron chi connectivity index (χ4n) is 4.70. The van der Waals surface area contributed by atoms with Crippen molar-refractivity contribution in [3.8, 4) is 0 Å². The molecule has 2 fully saturated rings. The number of carbonyl (C=O) groups excluding carboxylic acids is 2. The summed E-state index contributed by atoms with van der Waals surface area (Å²) in [5, 5.41) is 10.4. The maximum Gasteiger partial charge on any atom is 0.417 e. The Morgan fingerprint density at radius 3 is 2.45 bits per heavy atom. The summed E-state index contributed by atoms with van der Waals surface area (Å²) in [6.45, 7) is 0.282. The highest BCUT2D eigenvalue weighted by Gasteiger charge is 2.44. The van der Waals surface area contributed by atoms with Crippen LogP contribution in [0.25, 0.3) is 0 Å². The number of aliphatic hydroxyl groups excluding tert-OH is 1. The third-order valence-corrected chi connectivity index (χ3v) is 7.63. The minimum Gasteiger partial charge on any atom is -0.391 e. The van der Waals surface area contributed by atoms with E-state index < -0.39 is 63.4 Å². The summed E-state index contributed by atoms with van der Waals surface area (Å²) < 4.78 is 77.8. The van der Waals surface area contributed by atoms with Gasteiger partial charge in [-0.05, 0) is 43.0 Å². The van der Waals surface area contributed by atoms with Crippen molar-refractivity contribution in [2.45, 2.75) is 49.8 Å². The number of sulfonamides is 1. The molecule has 13 heteroatoms. The third kappa shape index (κ3) is 6.56. The summed E-state index contributed by atoms with van der Waals surface area (Å²) in [7, 11) is -3.34. The smallest absolute Gasteiger partial charge is 0.391 e. The van der Waals surface area contributed by atoms with Gasteiger partial charge in [0.2, 0.25) is 15.9 Å². The Hall–Kier alpha value is -2.90. The summed E-state index contributed by atoms with van der Waals surface area (Å²) in [6.07, 6.45) is -3.40. The number of alkyl halides is 3. The van der Waals surface area contributed by atoms with Gasteiger partial charge in [0.1, 0.15) is 11.6 Å². The van der Waals surface area contributed by atoms with Gasteiger partial charge in [0, 0.05) is 36.2 Å². The zero-order valence-corrected chi connectivity index (χ0v) is 21.3. The highest BCUT2D eigenvalue weighted by Crippen LogP contribution is 2.48. The second kappa shape index (κ2) is 10.3.